The Bertz CT molecular complexity index is 484. The first-order chi connectivity index (χ1) is 9.61. The summed E-state index contributed by atoms with van der Waals surface area (Å²) in [6, 6.07) is 7.10. The summed E-state index contributed by atoms with van der Waals surface area (Å²) >= 11 is 0. The van der Waals surface area contributed by atoms with Crippen LogP contribution in [0.25, 0.3) is 0 Å². The smallest absolute Gasteiger partial charge is 0.251 e. The van der Waals surface area contributed by atoms with Crippen LogP contribution in [0.3, 0.4) is 0 Å². The van der Waals surface area contributed by atoms with Crippen molar-refractivity contribution in [1.29, 1.82) is 0 Å². The van der Waals surface area contributed by atoms with Crippen molar-refractivity contribution in [2.75, 3.05) is 19.7 Å². The standard InChI is InChI=1S/C15H20N2O3/c1-11-4-6-12(7-5-11)15(20)16-9-14(19)17-8-2-3-13(17)10-18/h4-7,13,18H,2-3,8-10H2,1H3,(H,16,20)/t13-/m1/s1. The number of aryl methyl sites for hydroxylation is 1. The van der Waals surface area contributed by atoms with E-state index in [1.165, 1.54) is 0 Å². The number of hydrogen-bond donors (Lipinski definition) is 2. The van der Waals surface area contributed by atoms with Gasteiger partial charge in [-0.05, 0) is 31.9 Å². The third kappa shape index (κ3) is 3.36. The maximum absolute atomic E-state index is 12.0. The van der Waals surface area contributed by atoms with Crippen LogP contribution >= 0.6 is 0 Å². The van der Waals surface area contributed by atoms with Crippen LogP contribution in [0.1, 0.15) is 28.8 Å². The number of hydrogen-bond acceptors (Lipinski definition) is 3. The van der Waals surface area contributed by atoms with Crippen LogP contribution in [-0.2, 0) is 4.79 Å². The molecule has 0 aromatic heterocycles. The first-order valence-electron chi connectivity index (χ1n) is 6.87. The van der Waals surface area contributed by atoms with E-state index in [4.69, 9.17) is 0 Å². The van der Waals surface area contributed by atoms with Gasteiger partial charge in [-0.2, -0.15) is 0 Å². The van der Waals surface area contributed by atoms with Crippen molar-refractivity contribution in [3.8, 4) is 0 Å². The molecule has 1 atom stereocenters. The van der Waals surface area contributed by atoms with Gasteiger partial charge in [0.2, 0.25) is 5.91 Å². The molecule has 0 radical (unpaired) electrons. The molecule has 2 rings (SSSR count). The minimum Gasteiger partial charge on any atom is -0.394 e. The molecule has 1 aliphatic heterocycles. The van der Waals surface area contributed by atoms with Crippen LogP contribution in [0.5, 0.6) is 0 Å². The van der Waals surface area contributed by atoms with Crippen LogP contribution < -0.4 is 5.32 Å². The van der Waals surface area contributed by atoms with Gasteiger partial charge in [0.15, 0.2) is 0 Å². The van der Waals surface area contributed by atoms with Gasteiger partial charge in [-0.1, -0.05) is 17.7 Å². The molecule has 0 aliphatic carbocycles. The number of aliphatic hydroxyl groups is 1. The zero-order valence-corrected chi connectivity index (χ0v) is 11.6. The zero-order valence-electron chi connectivity index (χ0n) is 11.6. The summed E-state index contributed by atoms with van der Waals surface area (Å²) in [6.07, 6.45) is 1.73. The molecule has 1 aliphatic rings. The molecule has 0 unspecified atom stereocenters. The number of nitrogens with zero attached hydrogens (tertiary/aromatic N) is 1. The molecule has 0 spiro atoms. The fraction of sp³-hybridized carbons (Fsp3) is 0.467. The highest BCUT2D eigenvalue weighted by atomic mass is 16.3. The number of likely N-dealkylation sites (tertiary alicyclic amines) is 1. The van der Waals surface area contributed by atoms with Gasteiger partial charge in [-0.15, -0.1) is 0 Å². The lowest BCUT2D eigenvalue weighted by atomic mass is 10.1. The summed E-state index contributed by atoms with van der Waals surface area (Å²) in [7, 11) is 0. The number of rotatable bonds is 4. The number of benzene rings is 1. The molecule has 1 aromatic carbocycles. The van der Waals surface area contributed by atoms with Gasteiger partial charge in [-0.3, -0.25) is 9.59 Å². The second-order valence-electron chi connectivity index (χ2n) is 5.11. The van der Waals surface area contributed by atoms with E-state index in [0.717, 1.165) is 18.4 Å². The lowest BCUT2D eigenvalue weighted by Crippen LogP contribution is -2.43. The molecule has 5 nitrogen and oxygen atoms in total. The van der Waals surface area contributed by atoms with Crippen molar-refractivity contribution in [2.45, 2.75) is 25.8 Å². The lowest BCUT2D eigenvalue weighted by molar-refractivity contribution is -0.131. The van der Waals surface area contributed by atoms with Gasteiger partial charge in [0.25, 0.3) is 5.91 Å². The first kappa shape index (κ1) is 14.5. The van der Waals surface area contributed by atoms with Gasteiger partial charge < -0.3 is 15.3 Å². The van der Waals surface area contributed by atoms with E-state index in [1.54, 1.807) is 17.0 Å². The summed E-state index contributed by atoms with van der Waals surface area (Å²) in [4.78, 5) is 25.5. The predicted octanol–water partition coefficient (Wildman–Crippen LogP) is 0.708. The number of aliphatic hydroxyl groups excluding tert-OH is 1. The highest BCUT2D eigenvalue weighted by Crippen LogP contribution is 2.16. The Labute approximate surface area is 118 Å². The Balaban J connectivity index is 1.87. The monoisotopic (exact) mass is 276 g/mol. The summed E-state index contributed by atoms with van der Waals surface area (Å²) in [5.41, 5.74) is 1.63. The summed E-state index contributed by atoms with van der Waals surface area (Å²) in [5.74, 6) is -0.389. The molecule has 1 aromatic rings. The SMILES string of the molecule is Cc1ccc(C(=O)NCC(=O)N2CCC[C@@H]2CO)cc1. The second kappa shape index (κ2) is 6.52. The Morgan fingerprint density at radius 2 is 2.05 bits per heavy atom. The molecule has 2 N–H and O–H groups in total. The molecule has 108 valence electrons. The van der Waals surface area contributed by atoms with E-state index in [1.807, 2.05) is 19.1 Å². The summed E-state index contributed by atoms with van der Waals surface area (Å²) in [5, 5.41) is 11.8. The summed E-state index contributed by atoms with van der Waals surface area (Å²) in [6.45, 7) is 2.57. The number of amides is 2. The zero-order chi connectivity index (χ0) is 14.5. The fourth-order valence-electron chi connectivity index (χ4n) is 2.42. The normalized spacial score (nSPS) is 18.1. The molecular weight excluding hydrogens is 256 g/mol. The molecule has 20 heavy (non-hydrogen) atoms. The van der Waals surface area contributed by atoms with Crippen LogP contribution in [0.2, 0.25) is 0 Å². The maximum atomic E-state index is 12.0. The van der Waals surface area contributed by atoms with Crippen molar-refractivity contribution in [3.05, 3.63) is 35.4 Å². The fourth-order valence-corrected chi connectivity index (χ4v) is 2.42. The van der Waals surface area contributed by atoms with Crippen molar-refractivity contribution >= 4 is 11.8 Å². The van der Waals surface area contributed by atoms with Gasteiger partial charge >= 0.3 is 0 Å². The van der Waals surface area contributed by atoms with E-state index in [2.05, 4.69) is 5.32 Å². The van der Waals surface area contributed by atoms with Gasteiger partial charge in [0, 0.05) is 12.1 Å². The van der Waals surface area contributed by atoms with E-state index in [-0.39, 0.29) is 31.0 Å². The first-order valence-corrected chi connectivity index (χ1v) is 6.87. The Morgan fingerprint density at radius 3 is 2.70 bits per heavy atom. The molecule has 5 heteroatoms. The number of nitrogens with one attached hydrogen (secondary N) is 1. The highest BCUT2D eigenvalue weighted by Gasteiger charge is 2.27. The van der Waals surface area contributed by atoms with E-state index in [9.17, 15) is 14.7 Å². The average molecular weight is 276 g/mol. The molecule has 0 bridgehead atoms. The molecule has 1 fully saturated rings. The second-order valence-corrected chi connectivity index (χ2v) is 5.11. The maximum Gasteiger partial charge on any atom is 0.251 e. The molecular formula is C15H20N2O3. The molecule has 1 heterocycles. The average Bonchev–Trinajstić information content (AvgIpc) is 2.93. The van der Waals surface area contributed by atoms with Crippen molar-refractivity contribution in [2.24, 2.45) is 0 Å². The van der Waals surface area contributed by atoms with E-state index < -0.39 is 0 Å². The number of carbonyl (C=O) groups excluding carboxylic acids is 2. The third-order valence-electron chi connectivity index (χ3n) is 3.62. The van der Waals surface area contributed by atoms with Gasteiger partial charge in [0.1, 0.15) is 0 Å². The predicted molar refractivity (Wildman–Crippen MR) is 75.3 cm³/mol. The Morgan fingerprint density at radius 1 is 1.35 bits per heavy atom. The van der Waals surface area contributed by atoms with E-state index >= 15 is 0 Å². The van der Waals surface area contributed by atoms with Crippen molar-refractivity contribution in [1.82, 2.24) is 10.2 Å². The van der Waals surface area contributed by atoms with E-state index in [0.29, 0.717) is 12.1 Å². The minimum atomic E-state index is -0.252. The van der Waals surface area contributed by atoms with Crippen LogP contribution in [0.15, 0.2) is 24.3 Å². The summed E-state index contributed by atoms with van der Waals surface area (Å²) < 4.78 is 0. The highest BCUT2D eigenvalue weighted by molar-refractivity contribution is 5.96. The largest absolute Gasteiger partial charge is 0.394 e. The van der Waals surface area contributed by atoms with Crippen LogP contribution in [-0.4, -0.2) is 47.6 Å². The number of carbonyl (C=O) groups is 2. The van der Waals surface area contributed by atoms with Crippen LogP contribution in [0, 0.1) is 6.92 Å². The van der Waals surface area contributed by atoms with Gasteiger partial charge in [0.05, 0.1) is 19.2 Å². The van der Waals surface area contributed by atoms with Crippen LogP contribution in [0.4, 0.5) is 0 Å². The molecule has 2 amide bonds. The quantitative estimate of drug-likeness (QED) is 0.851. The molecule has 1 saturated heterocycles. The Hall–Kier alpha value is -1.88. The lowest BCUT2D eigenvalue weighted by Gasteiger charge is -2.23. The molecule has 0 saturated carbocycles. The Kier molecular flexibility index (Phi) is 4.74. The topological polar surface area (TPSA) is 69.6 Å². The van der Waals surface area contributed by atoms with Crippen molar-refractivity contribution in [3.63, 3.8) is 0 Å². The van der Waals surface area contributed by atoms with Gasteiger partial charge in [-0.25, -0.2) is 0 Å². The van der Waals surface area contributed by atoms with Crippen molar-refractivity contribution < 1.29 is 14.7 Å². The minimum absolute atomic E-state index is 0.0162. The third-order valence-corrected chi connectivity index (χ3v) is 3.62.